The molecule has 0 aliphatic heterocycles. The van der Waals surface area contributed by atoms with Gasteiger partial charge in [0.1, 0.15) is 11.5 Å². The Bertz CT molecular complexity index is 679. The van der Waals surface area contributed by atoms with Crippen molar-refractivity contribution in [2.75, 3.05) is 27.2 Å². The van der Waals surface area contributed by atoms with Gasteiger partial charge in [0.05, 0.1) is 12.3 Å². The van der Waals surface area contributed by atoms with Crippen molar-refractivity contribution in [2.24, 2.45) is 4.99 Å². The molecule has 1 N–H and O–H groups in total. The molecule has 0 radical (unpaired) electrons. The Labute approximate surface area is 173 Å². The van der Waals surface area contributed by atoms with Crippen molar-refractivity contribution in [3.8, 4) is 5.75 Å². The lowest BCUT2D eigenvalue weighted by molar-refractivity contribution is 0.340. The predicted octanol–water partition coefficient (Wildman–Crippen LogP) is 3.56. The van der Waals surface area contributed by atoms with Crippen molar-refractivity contribution in [1.29, 1.82) is 0 Å². The van der Waals surface area contributed by atoms with Gasteiger partial charge in [-0.2, -0.15) is 0 Å². The number of halogens is 1. The number of aliphatic imine (C=N–C) groups is 1. The molecule has 6 nitrogen and oxygen atoms in total. The standard InChI is InChI=1S/C19H28N4O2.HI/c1-6-24-17-9-7-16(8-10-17)13-23(5)19(20-4)21-12-11-18-14(2)22-25-15(18)3;/h7-10H,6,11-13H2,1-5H3,(H,20,21);1H. The molecule has 1 heterocycles. The summed E-state index contributed by atoms with van der Waals surface area (Å²) in [5.41, 5.74) is 3.33. The normalized spacial score (nSPS) is 11.0. The number of guanidine groups is 1. The lowest BCUT2D eigenvalue weighted by atomic mass is 10.1. The SMILES string of the molecule is CCOc1ccc(CN(C)C(=NC)NCCc2c(C)noc2C)cc1.I. The van der Waals surface area contributed by atoms with Crippen LogP contribution < -0.4 is 10.1 Å². The van der Waals surface area contributed by atoms with Gasteiger partial charge in [0.25, 0.3) is 0 Å². The first-order chi connectivity index (χ1) is 12.0. The van der Waals surface area contributed by atoms with Gasteiger partial charge in [-0.15, -0.1) is 24.0 Å². The number of hydrogen-bond acceptors (Lipinski definition) is 4. The Morgan fingerprint density at radius 2 is 1.96 bits per heavy atom. The molecule has 0 saturated carbocycles. The van der Waals surface area contributed by atoms with E-state index >= 15 is 0 Å². The molecular formula is C19H29IN4O2. The number of hydrogen-bond donors (Lipinski definition) is 1. The molecule has 1 aromatic carbocycles. The largest absolute Gasteiger partial charge is 0.494 e. The Kier molecular flexibility index (Phi) is 9.47. The molecule has 0 saturated heterocycles. The zero-order valence-corrected chi connectivity index (χ0v) is 18.5. The van der Waals surface area contributed by atoms with E-state index in [2.05, 4.69) is 32.5 Å². The van der Waals surface area contributed by atoms with Crippen LogP contribution in [0.4, 0.5) is 0 Å². The van der Waals surface area contributed by atoms with Gasteiger partial charge >= 0.3 is 0 Å². The second kappa shape index (κ2) is 11.1. The van der Waals surface area contributed by atoms with E-state index in [0.29, 0.717) is 6.61 Å². The van der Waals surface area contributed by atoms with Crippen molar-refractivity contribution in [1.82, 2.24) is 15.4 Å². The second-order valence-electron chi connectivity index (χ2n) is 5.96. The maximum Gasteiger partial charge on any atom is 0.193 e. The van der Waals surface area contributed by atoms with Crippen LogP contribution in [0.1, 0.15) is 29.5 Å². The molecule has 0 atom stereocenters. The first-order valence-corrected chi connectivity index (χ1v) is 8.60. The van der Waals surface area contributed by atoms with E-state index in [0.717, 1.165) is 48.2 Å². The average molecular weight is 472 g/mol. The van der Waals surface area contributed by atoms with Crippen molar-refractivity contribution >= 4 is 29.9 Å². The van der Waals surface area contributed by atoms with Crippen LogP contribution in [0, 0.1) is 13.8 Å². The van der Waals surface area contributed by atoms with Crippen LogP contribution in [-0.4, -0.2) is 43.3 Å². The molecule has 26 heavy (non-hydrogen) atoms. The number of benzene rings is 1. The molecular weight excluding hydrogens is 443 g/mol. The smallest absolute Gasteiger partial charge is 0.193 e. The molecule has 0 spiro atoms. The van der Waals surface area contributed by atoms with Gasteiger partial charge in [0.2, 0.25) is 0 Å². The zero-order chi connectivity index (χ0) is 18.2. The summed E-state index contributed by atoms with van der Waals surface area (Å²) in [4.78, 5) is 6.46. The fourth-order valence-electron chi connectivity index (χ4n) is 2.75. The van der Waals surface area contributed by atoms with Crippen molar-refractivity contribution in [2.45, 2.75) is 33.7 Å². The summed E-state index contributed by atoms with van der Waals surface area (Å²) in [6.45, 7) is 8.14. The lowest BCUT2D eigenvalue weighted by Crippen LogP contribution is -2.39. The highest BCUT2D eigenvalue weighted by Gasteiger charge is 2.10. The minimum absolute atomic E-state index is 0. The lowest BCUT2D eigenvalue weighted by Gasteiger charge is -2.22. The first-order valence-electron chi connectivity index (χ1n) is 8.60. The van der Waals surface area contributed by atoms with Gasteiger partial charge in [-0.25, -0.2) is 0 Å². The molecule has 0 amide bonds. The van der Waals surface area contributed by atoms with Crippen molar-refractivity contribution in [3.63, 3.8) is 0 Å². The number of ether oxygens (including phenoxy) is 1. The summed E-state index contributed by atoms with van der Waals surface area (Å²) in [7, 11) is 3.83. The number of aromatic nitrogens is 1. The van der Waals surface area contributed by atoms with Gasteiger partial charge in [0.15, 0.2) is 5.96 Å². The van der Waals surface area contributed by atoms with Gasteiger partial charge in [-0.05, 0) is 44.9 Å². The summed E-state index contributed by atoms with van der Waals surface area (Å²) in [6.07, 6.45) is 0.858. The summed E-state index contributed by atoms with van der Waals surface area (Å²) in [5.74, 6) is 2.65. The molecule has 0 aliphatic carbocycles. The van der Waals surface area contributed by atoms with Crippen LogP contribution in [0.3, 0.4) is 0 Å². The van der Waals surface area contributed by atoms with Crippen molar-refractivity contribution < 1.29 is 9.26 Å². The van der Waals surface area contributed by atoms with E-state index in [4.69, 9.17) is 9.26 Å². The first kappa shape index (κ1) is 22.3. The molecule has 0 bridgehead atoms. The van der Waals surface area contributed by atoms with Gasteiger partial charge in [-0.1, -0.05) is 17.3 Å². The highest BCUT2D eigenvalue weighted by atomic mass is 127. The highest BCUT2D eigenvalue weighted by Crippen LogP contribution is 2.14. The topological polar surface area (TPSA) is 62.9 Å². The van der Waals surface area contributed by atoms with Gasteiger partial charge in [0, 0.05) is 32.7 Å². The number of aryl methyl sites for hydroxylation is 2. The highest BCUT2D eigenvalue weighted by molar-refractivity contribution is 14.0. The van der Waals surface area contributed by atoms with Gasteiger partial charge in [-0.3, -0.25) is 4.99 Å². The van der Waals surface area contributed by atoms with E-state index in [1.54, 1.807) is 7.05 Å². The van der Waals surface area contributed by atoms with Gasteiger partial charge < -0.3 is 19.5 Å². The third-order valence-corrected chi connectivity index (χ3v) is 4.07. The number of nitrogens with one attached hydrogen (secondary N) is 1. The average Bonchev–Trinajstić information content (AvgIpc) is 2.92. The van der Waals surface area contributed by atoms with E-state index in [1.165, 1.54) is 5.56 Å². The van der Waals surface area contributed by atoms with Crippen LogP contribution in [0.5, 0.6) is 5.75 Å². The summed E-state index contributed by atoms with van der Waals surface area (Å²) in [5, 5.41) is 7.39. The van der Waals surface area contributed by atoms with Crippen LogP contribution in [0.2, 0.25) is 0 Å². The number of nitrogens with zero attached hydrogens (tertiary/aromatic N) is 3. The predicted molar refractivity (Wildman–Crippen MR) is 116 cm³/mol. The molecule has 2 rings (SSSR count). The monoisotopic (exact) mass is 472 g/mol. The number of rotatable bonds is 7. The third-order valence-electron chi connectivity index (χ3n) is 4.07. The minimum atomic E-state index is 0. The Morgan fingerprint density at radius 3 is 2.50 bits per heavy atom. The maximum absolute atomic E-state index is 5.48. The quantitative estimate of drug-likeness (QED) is 0.380. The Morgan fingerprint density at radius 1 is 1.27 bits per heavy atom. The summed E-state index contributed by atoms with van der Waals surface area (Å²) < 4.78 is 10.7. The van der Waals surface area contributed by atoms with Crippen LogP contribution >= 0.6 is 24.0 Å². The summed E-state index contributed by atoms with van der Waals surface area (Å²) >= 11 is 0. The molecule has 0 fully saturated rings. The van der Waals surface area contributed by atoms with Crippen LogP contribution in [-0.2, 0) is 13.0 Å². The van der Waals surface area contributed by atoms with E-state index in [9.17, 15) is 0 Å². The zero-order valence-electron chi connectivity index (χ0n) is 16.2. The van der Waals surface area contributed by atoms with Crippen molar-refractivity contribution in [3.05, 3.63) is 46.8 Å². The molecule has 144 valence electrons. The molecule has 1 aromatic heterocycles. The molecule has 7 heteroatoms. The Balaban J connectivity index is 0.00000338. The molecule has 0 unspecified atom stereocenters. The minimum Gasteiger partial charge on any atom is -0.494 e. The second-order valence-corrected chi connectivity index (χ2v) is 5.96. The summed E-state index contributed by atoms with van der Waals surface area (Å²) in [6, 6.07) is 8.16. The van der Waals surface area contributed by atoms with Crippen LogP contribution in [0.15, 0.2) is 33.8 Å². The van der Waals surface area contributed by atoms with Crippen LogP contribution in [0.25, 0.3) is 0 Å². The maximum atomic E-state index is 5.48. The third kappa shape index (κ3) is 6.19. The molecule has 0 aliphatic rings. The van der Waals surface area contributed by atoms with E-state index in [-0.39, 0.29) is 24.0 Å². The fraction of sp³-hybridized carbons (Fsp3) is 0.474. The van der Waals surface area contributed by atoms with E-state index < -0.39 is 0 Å². The Hall–Kier alpha value is -1.77. The molecule has 2 aromatic rings. The van der Waals surface area contributed by atoms with E-state index in [1.807, 2.05) is 40.0 Å². The fourth-order valence-corrected chi connectivity index (χ4v) is 2.75.